The molecule has 0 rings (SSSR count). The summed E-state index contributed by atoms with van der Waals surface area (Å²) in [6.45, 7) is 3.85. The molecule has 0 aromatic rings. The van der Waals surface area contributed by atoms with Gasteiger partial charge in [-0.25, -0.2) is 0 Å². The molecule has 0 saturated carbocycles. The van der Waals surface area contributed by atoms with Crippen LogP contribution < -0.4 is 5.32 Å². The van der Waals surface area contributed by atoms with Crippen molar-refractivity contribution in [3.8, 4) is 0 Å². The second kappa shape index (κ2) is 8.08. The summed E-state index contributed by atoms with van der Waals surface area (Å²) in [4.78, 5) is 0. The van der Waals surface area contributed by atoms with E-state index in [2.05, 4.69) is 5.32 Å². The minimum atomic E-state index is -4.05. The Morgan fingerprint density at radius 1 is 1.18 bits per heavy atom. The standard InChI is InChI=1S/C11H22F3NOS/c1-9(5-4-7-11(12,13)14)15-10(2)6-8-17(3)16/h9-10,15H,4-8H2,1-3H3. The number of halogens is 3. The molecule has 0 radical (unpaired) electrons. The Bertz CT molecular complexity index is 233. The van der Waals surface area contributed by atoms with Gasteiger partial charge < -0.3 is 5.32 Å². The molecule has 0 heterocycles. The maximum Gasteiger partial charge on any atom is 0.389 e. The average Bonchev–Trinajstić information content (AvgIpc) is 2.12. The van der Waals surface area contributed by atoms with E-state index < -0.39 is 23.4 Å². The molecule has 0 amide bonds. The van der Waals surface area contributed by atoms with E-state index in [4.69, 9.17) is 0 Å². The smallest absolute Gasteiger partial charge is 0.312 e. The van der Waals surface area contributed by atoms with Crippen molar-refractivity contribution in [3.05, 3.63) is 0 Å². The first-order valence-electron chi connectivity index (χ1n) is 5.83. The molecule has 0 aromatic carbocycles. The highest BCUT2D eigenvalue weighted by molar-refractivity contribution is 7.84. The van der Waals surface area contributed by atoms with Gasteiger partial charge in [0.05, 0.1) is 0 Å². The molecule has 2 nitrogen and oxygen atoms in total. The molecule has 0 aliphatic heterocycles. The first-order valence-corrected chi connectivity index (χ1v) is 7.56. The zero-order valence-corrected chi connectivity index (χ0v) is 11.5. The minimum absolute atomic E-state index is 0.0673. The van der Waals surface area contributed by atoms with Crippen molar-refractivity contribution in [1.82, 2.24) is 5.32 Å². The summed E-state index contributed by atoms with van der Waals surface area (Å²) in [6.07, 6.45) is -1.66. The van der Waals surface area contributed by atoms with Crippen molar-refractivity contribution in [2.24, 2.45) is 0 Å². The maximum atomic E-state index is 11.9. The fourth-order valence-electron chi connectivity index (χ4n) is 1.60. The molecule has 3 atom stereocenters. The van der Waals surface area contributed by atoms with Gasteiger partial charge in [-0.2, -0.15) is 13.2 Å². The van der Waals surface area contributed by atoms with Gasteiger partial charge in [-0.1, -0.05) is 0 Å². The minimum Gasteiger partial charge on any atom is -0.312 e. The predicted octanol–water partition coefficient (Wildman–Crippen LogP) is 2.85. The van der Waals surface area contributed by atoms with Crippen molar-refractivity contribution in [3.63, 3.8) is 0 Å². The third-order valence-corrected chi connectivity index (χ3v) is 3.32. The monoisotopic (exact) mass is 273 g/mol. The Morgan fingerprint density at radius 3 is 2.18 bits per heavy atom. The van der Waals surface area contributed by atoms with Gasteiger partial charge in [0.1, 0.15) is 0 Å². The van der Waals surface area contributed by atoms with Crippen LogP contribution in [0.4, 0.5) is 13.2 Å². The molecule has 3 unspecified atom stereocenters. The third-order valence-electron chi connectivity index (χ3n) is 2.50. The van der Waals surface area contributed by atoms with Gasteiger partial charge in [-0.05, 0) is 33.1 Å². The SMILES string of the molecule is CC(CCCC(F)(F)F)NC(C)CCS(C)=O. The highest BCUT2D eigenvalue weighted by atomic mass is 32.2. The fraction of sp³-hybridized carbons (Fsp3) is 1.00. The molecule has 0 saturated heterocycles. The van der Waals surface area contributed by atoms with Crippen LogP contribution in [0.2, 0.25) is 0 Å². The van der Waals surface area contributed by atoms with Gasteiger partial charge in [-0.15, -0.1) is 0 Å². The van der Waals surface area contributed by atoms with Crippen molar-refractivity contribution in [2.45, 2.75) is 57.8 Å². The number of hydrogen-bond acceptors (Lipinski definition) is 2. The van der Waals surface area contributed by atoms with Crippen LogP contribution in [0.15, 0.2) is 0 Å². The topological polar surface area (TPSA) is 29.1 Å². The first kappa shape index (κ1) is 16.9. The van der Waals surface area contributed by atoms with E-state index >= 15 is 0 Å². The quantitative estimate of drug-likeness (QED) is 0.737. The molecular formula is C11H22F3NOS. The first-order chi connectivity index (χ1) is 7.70. The Morgan fingerprint density at radius 2 is 1.71 bits per heavy atom. The molecule has 0 aromatic heterocycles. The molecule has 0 fully saturated rings. The second-order valence-electron chi connectivity index (χ2n) is 4.54. The van der Waals surface area contributed by atoms with Crippen LogP contribution in [0.25, 0.3) is 0 Å². The molecule has 1 N–H and O–H groups in total. The van der Waals surface area contributed by atoms with E-state index in [0.717, 1.165) is 6.42 Å². The van der Waals surface area contributed by atoms with Crippen LogP contribution >= 0.6 is 0 Å². The van der Waals surface area contributed by atoms with Crippen LogP contribution in [-0.2, 0) is 10.8 Å². The largest absolute Gasteiger partial charge is 0.389 e. The lowest BCUT2D eigenvalue weighted by atomic mass is 10.1. The normalized spacial score (nSPS) is 17.8. The van der Waals surface area contributed by atoms with E-state index in [0.29, 0.717) is 12.2 Å². The molecule has 0 aliphatic carbocycles. The van der Waals surface area contributed by atoms with E-state index in [1.165, 1.54) is 0 Å². The van der Waals surface area contributed by atoms with Gasteiger partial charge in [0.2, 0.25) is 0 Å². The highest BCUT2D eigenvalue weighted by Crippen LogP contribution is 2.22. The Labute approximate surface area is 104 Å². The van der Waals surface area contributed by atoms with E-state index in [1.54, 1.807) is 6.26 Å². The van der Waals surface area contributed by atoms with Crippen LogP contribution in [-0.4, -0.2) is 34.5 Å². The summed E-state index contributed by atoms with van der Waals surface area (Å²) < 4.78 is 46.6. The summed E-state index contributed by atoms with van der Waals surface area (Å²) in [7, 11) is -0.807. The molecule has 17 heavy (non-hydrogen) atoms. The van der Waals surface area contributed by atoms with Crippen molar-refractivity contribution >= 4 is 10.8 Å². The summed E-state index contributed by atoms with van der Waals surface area (Å²) in [5, 5.41) is 3.22. The van der Waals surface area contributed by atoms with Crippen LogP contribution in [0.3, 0.4) is 0 Å². The van der Waals surface area contributed by atoms with Crippen LogP contribution in [0.1, 0.15) is 39.5 Å². The number of alkyl halides is 3. The summed E-state index contributed by atoms with van der Waals surface area (Å²) in [6, 6.07) is 0.262. The lowest BCUT2D eigenvalue weighted by Crippen LogP contribution is -2.35. The predicted molar refractivity (Wildman–Crippen MR) is 65.5 cm³/mol. The Balaban J connectivity index is 3.63. The van der Waals surface area contributed by atoms with E-state index in [-0.39, 0.29) is 18.5 Å². The lowest BCUT2D eigenvalue weighted by molar-refractivity contribution is -0.135. The number of nitrogens with one attached hydrogen (secondary N) is 1. The van der Waals surface area contributed by atoms with Crippen LogP contribution in [0, 0.1) is 0 Å². The second-order valence-corrected chi connectivity index (χ2v) is 6.10. The summed E-state index contributed by atoms with van der Waals surface area (Å²) in [5.41, 5.74) is 0. The van der Waals surface area contributed by atoms with Crippen LogP contribution in [0.5, 0.6) is 0 Å². The van der Waals surface area contributed by atoms with Crippen molar-refractivity contribution in [2.75, 3.05) is 12.0 Å². The van der Waals surface area contributed by atoms with Gasteiger partial charge in [0, 0.05) is 41.3 Å². The zero-order valence-electron chi connectivity index (χ0n) is 10.6. The number of hydrogen-bond donors (Lipinski definition) is 1. The van der Waals surface area contributed by atoms with Gasteiger partial charge >= 0.3 is 6.18 Å². The molecule has 0 spiro atoms. The van der Waals surface area contributed by atoms with E-state index in [9.17, 15) is 17.4 Å². The highest BCUT2D eigenvalue weighted by Gasteiger charge is 2.26. The van der Waals surface area contributed by atoms with Crippen molar-refractivity contribution in [1.29, 1.82) is 0 Å². The van der Waals surface area contributed by atoms with Gasteiger partial charge in [0.15, 0.2) is 0 Å². The summed E-state index contributed by atoms with van der Waals surface area (Å²) in [5.74, 6) is 0.628. The molecule has 0 aliphatic rings. The third kappa shape index (κ3) is 12.2. The van der Waals surface area contributed by atoms with Gasteiger partial charge in [-0.3, -0.25) is 4.21 Å². The summed E-state index contributed by atoms with van der Waals surface area (Å²) >= 11 is 0. The average molecular weight is 273 g/mol. The van der Waals surface area contributed by atoms with Crippen molar-refractivity contribution < 1.29 is 17.4 Å². The molecule has 104 valence electrons. The lowest BCUT2D eigenvalue weighted by Gasteiger charge is -2.19. The van der Waals surface area contributed by atoms with E-state index in [1.807, 2.05) is 13.8 Å². The zero-order chi connectivity index (χ0) is 13.5. The maximum absolute atomic E-state index is 11.9. The number of rotatable bonds is 8. The molecule has 0 bridgehead atoms. The fourth-order valence-corrected chi connectivity index (χ4v) is 2.29. The Kier molecular flexibility index (Phi) is 8.03. The molecule has 6 heteroatoms. The Hall–Kier alpha value is -0.100. The molecular weight excluding hydrogens is 251 g/mol. The van der Waals surface area contributed by atoms with Gasteiger partial charge in [0.25, 0.3) is 0 Å².